The Morgan fingerprint density at radius 3 is 2.30 bits per heavy atom. The molecule has 0 bridgehead atoms. The number of carbonyl (C=O) groups is 1. The number of nitrogens with zero attached hydrogens (tertiary/aromatic N) is 3. The Morgan fingerprint density at radius 2 is 1.67 bits per heavy atom. The van der Waals surface area contributed by atoms with Crippen molar-refractivity contribution < 1.29 is 13.2 Å². The number of aryl methyl sites for hydroxylation is 3. The van der Waals surface area contributed by atoms with E-state index < -0.39 is 10.0 Å². The first-order chi connectivity index (χ1) is 14.2. The SMILES string of the molecule is Cc1ccc(C)c(S(=O)(=O)N2CCN(CC(=O)c3cc(C)n(C4CC4)c3C)CC2)c1. The summed E-state index contributed by atoms with van der Waals surface area (Å²) in [5.74, 6) is 0.126. The van der Waals surface area contributed by atoms with Crippen molar-refractivity contribution in [2.24, 2.45) is 0 Å². The molecule has 1 aromatic heterocycles. The molecule has 6 nitrogen and oxygen atoms in total. The highest BCUT2D eigenvalue weighted by Gasteiger charge is 2.32. The minimum Gasteiger partial charge on any atom is -0.345 e. The molecule has 1 aromatic carbocycles. The molecule has 2 fully saturated rings. The fraction of sp³-hybridized carbons (Fsp3) is 0.522. The summed E-state index contributed by atoms with van der Waals surface area (Å²) in [5, 5.41) is 0. The van der Waals surface area contributed by atoms with E-state index in [0.29, 0.717) is 43.7 Å². The van der Waals surface area contributed by atoms with E-state index in [2.05, 4.69) is 16.4 Å². The highest BCUT2D eigenvalue weighted by Crippen LogP contribution is 2.38. The van der Waals surface area contributed by atoms with E-state index in [1.54, 1.807) is 10.4 Å². The lowest BCUT2D eigenvalue weighted by molar-refractivity contribution is 0.0901. The zero-order chi connectivity index (χ0) is 21.6. The normalized spacial score (nSPS) is 18.7. The lowest BCUT2D eigenvalue weighted by Gasteiger charge is -2.33. The van der Waals surface area contributed by atoms with Gasteiger partial charge < -0.3 is 4.57 Å². The number of carbonyl (C=O) groups excluding carboxylic acids is 1. The van der Waals surface area contributed by atoms with Crippen LogP contribution in [0.4, 0.5) is 0 Å². The summed E-state index contributed by atoms with van der Waals surface area (Å²) in [6.45, 7) is 10.1. The lowest BCUT2D eigenvalue weighted by atomic mass is 10.1. The first kappa shape index (κ1) is 21.3. The Kier molecular flexibility index (Phi) is 5.64. The molecule has 162 valence electrons. The van der Waals surface area contributed by atoms with E-state index in [-0.39, 0.29) is 5.78 Å². The van der Waals surface area contributed by atoms with Gasteiger partial charge in [-0.2, -0.15) is 4.31 Å². The van der Waals surface area contributed by atoms with Gasteiger partial charge >= 0.3 is 0 Å². The van der Waals surface area contributed by atoms with Gasteiger partial charge in [0.25, 0.3) is 0 Å². The van der Waals surface area contributed by atoms with E-state index in [4.69, 9.17) is 0 Å². The van der Waals surface area contributed by atoms with Crippen molar-refractivity contribution in [2.45, 2.75) is 51.5 Å². The van der Waals surface area contributed by atoms with Gasteiger partial charge in [0.15, 0.2) is 5.78 Å². The predicted octanol–water partition coefficient (Wildman–Crippen LogP) is 3.25. The highest BCUT2D eigenvalue weighted by atomic mass is 32.2. The van der Waals surface area contributed by atoms with Crippen molar-refractivity contribution in [1.29, 1.82) is 0 Å². The number of ketones is 1. The first-order valence-corrected chi connectivity index (χ1v) is 12.1. The van der Waals surface area contributed by atoms with Crippen molar-refractivity contribution in [3.05, 3.63) is 52.3 Å². The molecule has 2 heterocycles. The summed E-state index contributed by atoms with van der Waals surface area (Å²) < 4.78 is 30.0. The van der Waals surface area contributed by atoms with Gasteiger partial charge in [0.1, 0.15) is 0 Å². The molecule has 1 aliphatic heterocycles. The predicted molar refractivity (Wildman–Crippen MR) is 118 cm³/mol. The number of Topliss-reactive ketones (excluding diaryl/α,β-unsaturated/α-hetero) is 1. The maximum Gasteiger partial charge on any atom is 0.243 e. The molecule has 0 atom stereocenters. The van der Waals surface area contributed by atoms with Crippen LogP contribution in [0.25, 0.3) is 0 Å². The van der Waals surface area contributed by atoms with Crippen LogP contribution in [-0.2, 0) is 10.0 Å². The molecule has 1 aliphatic carbocycles. The molecular weight excluding hydrogens is 398 g/mol. The number of aromatic nitrogens is 1. The van der Waals surface area contributed by atoms with E-state index in [1.807, 2.05) is 39.0 Å². The fourth-order valence-electron chi connectivity index (χ4n) is 4.49. The van der Waals surface area contributed by atoms with Gasteiger partial charge in [-0.25, -0.2) is 8.42 Å². The Hall–Kier alpha value is -1.96. The number of benzene rings is 1. The second-order valence-corrected chi connectivity index (χ2v) is 10.7. The summed E-state index contributed by atoms with van der Waals surface area (Å²) in [7, 11) is -3.51. The molecule has 2 aromatic rings. The molecule has 0 N–H and O–H groups in total. The summed E-state index contributed by atoms with van der Waals surface area (Å²) >= 11 is 0. The molecule has 0 spiro atoms. The Bertz CT molecular complexity index is 1080. The van der Waals surface area contributed by atoms with Crippen molar-refractivity contribution in [2.75, 3.05) is 32.7 Å². The van der Waals surface area contributed by atoms with Gasteiger partial charge in [0, 0.05) is 49.2 Å². The minimum absolute atomic E-state index is 0.126. The maximum atomic E-state index is 13.1. The third-order valence-corrected chi connectivity index (χ3v) is 8.40. The second-order valence-electron chi connectivity index (χ2n) is 8.76. The van der Waals surface area contributed by atoms with Gasteiger partial charge in [-0.05, 0) is 63.8 Å². The number of hydrogen-bond donors (Lipinski definition) is 0. The monoisotopic (exact) mass is 429 g/mol. The molecule has 1 saturated heterocycles. The van der Waals surface area contributed by atoms with Crippen LogP contribution in [0.3, 0.4) is 0 Å². The van der Waals surface area contributed by atoms with Crippen molar-refractivity contribution >= 4 is 15.8 Å². The molecule has 0 radical (unpaired) electrons. The number of hydrogen-bond acceptors (Lipinski definition) is 4. The molecule has 0 amide bonds. The average Bonchev–Trinajstić information content (AvgIpc) is 3.48. The smallest absolute Gasteiger partial charge is 0.243 e. The topological polar surface area (TPSA) is 62.6 Å². The van der Waals surface area contributed by atoms with Crippen LogP contribution < -0.4 is 0 Å². The Balaban J connectivity index is 1.41. The molecule has 30 heavy (non-hydrogen) atoms. The molecule has 7 heteroatoms. The standard InChI is InChI=1S/C23H31N3O3S/c1-16-5-6-17(2)23(13-16)30(28,29)25-11-9-24(10-12-25)15-22(27)21-14-18(3)26(19(21)4)20-7-8-20/h5-6,13-14,20H,7-12,15H2,1-4H3. The lowest BCUT2D eigenvalue weighted by Crippen LogP contribution is -2.49. The van der Waals surface area contributed by atoms with E-state index in [0.717, 1.165) is 28.1 Å². The van der Waals surface area contributed by atoms with Crippen LogP contribution in [-0.4, -0.2) is 60.7 Å². The van der Waals surface area contributed by atoms with Crippen LogP contribution in [0.15, 0.2) is 29.2 Å². The Morgan fingerprint density at radius 1 is 1.00 bits per heavy atom. The molecule has 2 aliphatic rings. The molecule has 1 saturated carbocycles. The second kappa shape index (κ2) is 7.94. The highest BCUT2D eigenvalue weighted by molar-refractivity contribution is 7.89. The number of rotatable bonds is 6. The number of piperazine rings is 1. The number of sulfonamides is 1. The van der Waals surface area contributed by atoms with Crippen molar-refractivity contribution in [3.8, 4) is 0 Å². The molecule has 0 unspecified atom stereocenters. The van der Waals surface area contributed by atoms with Crippen LogP contribution in [0.2, 0.25) is 0 Å². The van der Waals surface area contributed by atoms with Crippen LogP contribution in [0, 0.1) is 27.7 Å². The maximum absolute atomic E-state index is 13.1. The Labute approximate surface area is 179 Å². The minimum atomic E-state index is -3.51. The molecular formula is C23H31N3O3S. The van der Waals surface area contributed by atoms with E-state index in [9.17, 15) is 13.2 Å². The summed E-state index contributed by atoms with van der Waals surface area (Å²) in [5.41, 5.74) is 4.74. The zero-order valence-electron chi connectivity index (χ0n) is 18.3. The summed E-state index contributed by atoms with van der Waals surface area (Å²) in [6.07, 6.45) is 2.39. The quantitative estimate of drug-likeness (QED) is 0.662. The van der Waals surface area contributed by atoms with Crippen LogP contribution in [0.5, 0.6) is 0 Å². The van der Waals surface area contributed by atoms with Gasteiger partial charge in [0.2, 0.25) is 10.0 Å². The van der Waals surface area contributed by atoms with Gasteiger partial charge in [-0.15, -0.1) is 0 Å². The van der Waals surface area contributed by atoms with Crippen LogP contribution >= 0.6 is 0 Å². The van der Waals surface area contributed by atoms with E-state index in [1.165, 1.54) is 12.8 Å². The molecule has 4 rings (SSSR count). The zero-order valence-corrected chi connectivity index (χ0v) is 19.1. The van der Waals surface area contributed by atoms with Gasteiger partial charge in [0.05, 0.1) is 11.4 Å². The largest absolute Gasteiger partial charge is 0.345 e. The van der Waals surface area contributed by atoms with Crippen molar-refractivity contribution in [1.82, 2.24) is 13.8 Å². The van der Waals surface area contributed by atoms with Crippen LogP contribution in [0.1, 0.15) is 51.8 Å². The van der Waals surface area contributed by atoms with Gasteiger partial charge in [-0.1, -0.05) is 12.1 Å². The third-order valence-electron chi connectivity index (χ3n) is 6.36. The fourth-order valence-corrected chi connectivity index (χ4v) is 6.23. The third kappa shape index (κ3) is 3.98. The average molecular weight is 430 g/mol. The van der Waals surface area contributed by atoms with E-state index >= 15 is 0 Å². The summed E-state index contributed by atoms with van der Waals surface area (Å²) in [6, 6.07) is 8.10. The first-order valence-electron chi connectivity index (χ1n) is 10.7. The summed E-state index contributed by atoms with van der Waals surface area (Å²) in [4.78, 5) is 15.4. The van der Waals surface area contributed by atoms with Gasteiger partial charge in [-0.3, -0.25) is 9.69 Å². The van der Waals surface area contributed by atoms with Crippen molar-refractivity contribution in [3.63, 3.8) is 0 Å².